The summed E-state index contributed by atoms with van der Waals surface area (Å²) in [6.07, 6.45) is 1.76. The number of hydrogen-bond acceptors (Lipinski definition) is 7. The van der Waals surface area contributed by atoms with Crippen LogP contribution in [0.25, 0.3) is 6.08 Å². The average molecular weight is 505 g/mol. The highest BCUT2D eigenvalue weighted by molar-refractivity contribution is 8.18. The van der Waals surface area contributed by atoms with Gasteiger partial charge in [-0.2, -0.15) is 0 Å². The van der Waals surface area contributed by atoms with Crippen LogP contribution in [-0.2, 0) is 11.4 Å². The second-order valence-corrected chi connectivity index (χ2v) is 8.64. The van der Waals surface area contributed by atoms with E-state index in [1.165, 1.54) is 23.9 Å². The number of carboxylic acid groups (broad SMARTS) is 1. The average Bonchev–Trinajstić information content (AvgIpc) is 3.22. The fraction of sp³-hybridized carbons (Fsp3) is 0.148. The van der Waals surface area contributed by atoms with Crippen molar-refractivity contribution >= 4 is 40.6 Å². The van der Waals surface area contributed by atoms with Gasteiger partial charge in [-0.15, -0.1) is 0 Å². The quantitative estimate of drug-likeness (QED) is 0.383. The Morgan fingerprint density at radius 1 is 1.03 bits per heavy atom. The first-order valence-corrected chi connectivity index (χ1v) is 11.9. The van der Waals surface area contributed by atoms with Crippen LogP contribution in [0.5, 0.6) is 17.2 Å². The van der Waals surface area contributed by atoms with E-state index in [4.69, 9.17) is 19.3 Å². The molecule has 1 aliphatic heterocycles. The predicted octanol–water partition coefficient (Wildman–Crippen LogP) is 5.26. The van der Waals surface area contributed by atoms with E-state index in [-0.39, 0.29) is 18.1 Å². The molecule has 0 unspecified atom stereocenters. The molecule has 0 atom stereocenters. The molecule has 3 aromatic rings. The number of thioether (sulfide) groups is 1. The van der Waals surface area contributed by atoms with E-state index < -0.39 is 5.97 Å². The van der Waals surface area contributed by atoms with Crippen molar-refractivity contribution in [1.29, 1.82) is 0 Å². The molecule has 0 aliphatic carbocycles. The number of ether oxygens (including phenoxy) is 3. The van der Waals surface area contributed by atoms with E-state index in [1.54, 1.807) is 37.5 Å². The number of rotatable bonds is 9. The summed E-state index contributed by atoms with van der Waals surface area (Å²) in [7, 11) is 1.54. The van der Waals surface area contributed by atoms with Crippen LogP contribution in [0.1, 0.15) is 28.4 Å². The Morgan fingerprint density at radius 3 is 2.44 bits per heavy atom. The molecule has 1 amide bonds. The van der Waals surface area contributed by atoms with Gasteiger partial charge in [0.1, 0.15) is 12.4 Å². The van der Waals surface area contributed by atoms with Crippen LogP contribution in [-0.4, -0.2) is 35.9 Å². The van der Waals surface area contributed by atoms with Gasteiger partial charge in [0.05, 0.1) is 29.9 Å². The summed E-state index contributed by atoms with van der Waals surface area (Å²) < 4.78 is 16.8. The van der Waals surface area contributed by atoms with Crippen molar-refractivity contribution in [3.63, 3.8) is 0 Å². The molecular weight excluding hydrogens is 480 g/mol. The zero-order valence-corrected chi connectivity index (χ0v) is 20.5. The van der Waals surface area contributed by atoms with Crippen molar-refractivity contribution in [3.05, 3.63) is 88.3 Å². The standard InChI is InChI=1S/C27H24N2O6S/c1-3-34-21-11-9-20(10-12-21)28-27-29-25(30)24(36-27)15-18-6-13-22(23(14-18)33-2)35-16-17-4-7-19(8-5-17)26(31)32/h4-15H,3,16H2,1-2H3,(H,31,32)(H,28,29,30)/b24-15+. The largest absolute Gasteiger partial charge is 0.494 e. The zero-order valence-electron chi connectivity index (χ0n) is 19.7. The monoisotopic (exact) mass is 504 g/mol. The second kappa shape index (κ2) is 11.5. The Labute approximate surface area is 212 Å². The topological polar surface area (TPSA) is 106 Å². The van der Waals surface area contributed by atoms with E-state index >= 15 is 0 Å². The first kappa shape index (κ1) is 24.9. The molecule has 0 aromatic heterocycles. The normalized spacial score (nSPS) is 15.1. The Balaban J connectivity index is 1.43. The molecule has 0 spiro atoms. The van der Waals surface area contributed by atoms with Gasteiger partial charge >= 0.3 is 5.97 Å². The Bertz CT molecular complexity index is 1320. The van der Waals surface area contributed by atoms with Crippen LogP contribution >= 0.6 is 11.8 Å². The number of aromatic carboxylic acids is 1. The zero-order chi connectivity index (χ0) is 25.5. The van der Waals surface area contributed by atoms with E-state index in [1.807, 2.05) is 37.3 Å². The molecule has 36 heavy (non-hydrogen) atoms. The van der Waals surface area contributed by atoms with E-state index in [9.17, 15) is 9.59 Å². The summed E-state index contributed by atoms with van der Waals surface area (Å²) >= 11 is 1.26. The minimum absolute atomic E-state index is 0.218. The third-order valence-electron chi connectivity index (χ3n) is 5.11. The molecule has 1 fully saturated rings. The Kier molecular flexibility index (Phi) is 7.92. The van der Waals surface area contributed by atoms with Gasteiger partial charge in [0.15, 0.2) is 16.7 Å². The van der Waals surface area contributed by atoms with E-state index in [0.29, 0.717) is 33.9 Å². The number of methoxy groups -OCH3 is 1. The molecular formula is C27H24N2O6S. The van der Waals surface area contributed by atoms with Crippen LogP contribution in [0.2, 0.25) is 0 Å². The van der Waals surface area contributed by atoms with Gasteiger partial charge < -0.3 is 24.6 Å². The van der Waals surface area contributed by atoms with Gasteiger partial charge in [0.2, 0.25) is 0 Å². The molecule has 8 nitrogen and oxygen atoms in total. The number of nitrogens with zero attached hydrogens (tertiary/aromatic N) is 1. The third-order valence-corrected chi connectivity index (χ3v) is 6.02. The van der Waals surface area contributed by atoms with Crippen LogP contribution < -0.4 is 19.5 Å². The van der Waals surface area contributed by atoms with E-state index in [2.05, 4.69) is 10.3 Å². The molecule has 1 saturated heterocycles. The maximum Gasteiger partial charge on any atom is 0.335 e. The first-order valence-electron chi connectivity index (χ1n) is 11.1. The van der Waals surface area contributed by atoms with Gasteiger partial charge in [0.25, 0.3) is 5.91 Å². The van der Waals surface area contributed by atoms with Crippen molar-refractivity contribution in [2.24, 2.45) is 4.99 Å². The Hall–Kier alpha value is -4.24. The lowest BCUT2D eigenvalue weighted by Gasteiger charge is -2.11. The van der Waals surface area contributed by atoms with Gasteiger partial charge in [-0.3, -0.25) is 4.79 Å². The lowest BCUT2D eigenvalue weighted by molar-refractivity contribution is -0.115. The molecule has 1 aliphatic rings. The minimum atomic E-state index is -0.975. The molecule has 0 bridgehead atoms. The fourth-order valence-electron chi connectivity index (χ4n) is 3.33. The molecule has 1 heterocycles. The highest BCUT2D eigenvalue weighted by Gasteiger charge is 2.24. The lowest BCUT2D eigenvalue weighted by atomic mass is 10.1. The number of amides is 1. The van der Waals surface area contributed by atoms with Crippen molar-refractivity contribution in [3.8, 4) is 17.2 Å². The predicted molar refractivity (Wildman–Crippen MR) is 139 cm³/mol. The fourth-order valence-corrected chi connectivity index (χ4v) is 4.17. The number of carbonyl (C=O) groups excluding carboxylic acids is 1. The van der Waals surface area contributed by atoms with Crippen LogP contribution in [0.3, 0.4) is 0 Å². The van der Waals surface area contributed by atoms with Gasteiger partial charge in [0, 0.05) is 0 Å². The number of carboxylic acids is 1. The summed E-state index contributed by atoms with van der Waals surface area (Å²) in [6.45, 7) is 2.77. The summed E-state index contributed by atoms with van der Waals surface area (Å²) in [4.78, 5) is 28.5. The smallest absolute Gasteiger partial charge is 0.335 e. The molecule has 9 heteroatoms. The summed E-state index contributed by atoms with van der Waals surface area (Å²) in [5, 5.41) is 12.3. The summed E-state index contributed by atoms with van der Waals surface area (Å²) in [5.41, 5.74) is 2.52. The molecule has 4 rings (SSSR count). The van der Waals surface area contributed by atoms with Crippen molar-refractivity contribution in [1.82, 2.24) is 5.32 Å². The van der Waals surface area contributed by atoms with Gasteiger partial charge in [-0.25, -0.2) is 9.79 Å². The first-order chi connectivity index (χ1) is 17.4. The van der Waals surface area contributed by atoms with Crippen molar-refractivity contribution in [2.45, 2.75) is 13.5 Å². The highest BCUT2D eigenvalue weighted by atomic mass is 32.2. The van der Waals surface area contributed by atoms with Crippen LogP contribution in [0, 0.1) is 0 Å². The third kappa shape index (κ3) is 6.25. The second-order valence-electron chi connectivity index (χ2n) is 7.61. The summed E-state index contributed by atoms with van der Waals surface area (Å²) in [6, 6.07) is 19.2. The molecule has 3 aromatic carbocycles. The van der Waals surface area contributed by atoms with Crippen LogP contribution in [0.15, 0.2) is 76.6 Å². The molecule has 2 N–H and O–H groups in total. The number of nitrogens with one attached hydrogen (secondary N) is 1. The molecule has 0 radical (unpaired) electrons. The number of hydrogen-bond donors (Lipinski definition) is 2. The maximum absolute atomic E-state index is 12.5. The minimum Gasteiger partial charge on any atom is -0.494 e. The summed E-state index contributed by atoms with van der Waals surface area (Å²) in [5.74, 6) is 0.607. The van der Waals surface area contributed by atoms with E-state index in [0.717, 1.165) is 16.9 Å². The Morgan fingerprint density at radius 2 is 1.78 bits per heavy atom. The number of aliphatic imine (C=N–C) groups is 1. The SMILES string of the molecule is CCOc1ccc(N=C2NC(=O)/C(=C\c3ccc(OCc4ccc(C(=O)O)cc4)c(OC)c3)S2)cc1. The molecule has 0 saturated carbocycles. The number of carbonyl (C=O) groups is 2. The van der Waals surface area contributed by atoms with Gasteiger partial charge in [-0.05, 0) is 84.4 Å². The molecule has 184 valence electrons. The number of amidine groups is 1. The van der Waals surface area contributed by atoms with Crippen molar-refractivity contribution in [2.75, 3.05) is 13.7 Å². The number of benzene rings is 3. The maximum atomic E-state index is 12.5. The lowest BCUT2D eigenvalue weighted by Crippen LogP contribution is -2.19. The van der Waals surface area contributed by atoms with Crippen molar-refractivity contribution < 1.29 is 28.9 Å². The van der Waals surface area contributed by atoms with Crippen LogP contribution in [0.4, 0.5) is 5.69 Å². The van der Waals surface area contributed by atoms with Gasteiger partial charge in [-0.1, -0.05) is 18.2 Å². The highest BCUT2D eigenvalue weighted by Crippen LogP contribution is 2.33.